The fourth-order valence-electron chi connectivity index (χ4n) is 1.88. The minimum Gasteiger partial charge on any atom is -0.427 e. The van der Waals surface area contributed by atoms with Gasteiger partial charge in [-0.1, -0.05) is 6.92 Å². The van der Waals surface area contributed by atoms with Crippen LogP contribution in [0, 0.1) is 11.3 Å². The van der Waals surface area contributed by atoms with Gasteiger partial charge in [0.15, 0.2) is 0 Å². The highest BCUT2D eigenvalue weighted by Gasteiger charge is 2.13. The lowest BCUT2D eigenvalue weighted by molar-refractivity contribution is -0.134. The molecule has 7 heteroatoms. The molecule has 0 fully saturated rings. The second-order valence-corrected chi connectivity index (χ2v) is 4.55. The molecular weight excluding hydrogens is 282 g/mol. The van der Waals surface area contributed by atoms with E-state index >= 15 is 0 Å². The first kappa shape index (κ1) is 15.3. The molecule has 1 aromatic heterocycles. The average Bonchev–Trinajstić information content (AvgIpc) is 2.47. The Hall–Kier alpha value is -3.14. The first-order valence-corrected chi connectivity index (χ1v) is 6.69. The first-order valence-electron chi connectivity index (χ1n) is 6.69. The van der Waals surface area contributed by atoms with Crippen LogP contribution in [-0.4, -0.2) is 15.9 Å². The third-order valence-electron chi connectivity index (χ3n) is 2.88. The molecule has 0 aliphatic rings. The fourth-order valence-corrected chi connectivity index (χ4v) is 1.88. The molecule has 22 heavy (non-hydrogen) atoms. The molecule has 0 atom stereocenters. The lowest BCUT2D eigenvalue weighted by atomic mass is 10.1. The number of nitrogen functional groups attached to an aromatic ring is 2. The van der Waals surface area contributed by atoms with Crippen molar-refractivity contribution in [3.63, 3.8) is 0 Å². The van der Waals surface area contributed by atoms with Crippen molar-refractivity contribution in [3.05, 3.63) is 29.8 Å². The zero-order valence-corrected chi connectivity index (χ0v) is 12.0. The summed E-state index contributed by atoms with van der Waals surface area (Å²) in [5.41, 5.74) is 12.4. The zero-order chi connectivity index (χ0) is 16.1. The highest BCUT2D eigenvalue weighted by Crippen LogP contribution is 2.27. The van der Waals surface area contributed by atoms with Crippen molar-refractivity contribution in [2.45, 2.75) is 19.8 Å². The Morgan fingerprint density at radius 2 is 1.95 bits per heavy atom. The van der Waals surface area contributed by atoms with E-state index in [4.69, 9.17) is 21.5 Å². The summed E-state index contributed by atoms with van der Waals surface area (Å²) < 4.78 is 5.16. The molecule has 0 spiro atoms. The van der Waals surface area contributed by atoms with Gasteiger partial charge in [-0.15, -0.1) is 0 Å². The quantitative estimate of drug-likeness (QED) is 0.651. The normalized spacial score (nSPS) is 10.0. The van der Waals surface area contributed by atoms with Crippen LogP contribution in [0.15, 0.2) is 24.3 Å². The van der Waals surface area contributed by atoms with E-state index in [2.05, 4.69) is 9.97 Å². The van der Waals surface area contributed by atoms with Crippen LogP contribution in [0.4, 0.5) is 11.8 Å². The van der Waals surface area contributed by atoms with E-state index in [1.54, 1.807) is 24.3 Å². The van der Waals surface area contributed by atoms with Crippen molar-refractivity contribution in [2.24, 2.45) is 0 Å². The predicted molar refractivity (Wildman–Crippen MR) is 81.6 cm³/mol. The summed E-state index contributed by atoms with van der Waals surface area (Å²) in [4.78, 5) is 19.3. The van der Waals surface area contributed by atoms with Gasteiger partial charge < -0.3 is 16.2 Å². The zero-order valence-electron chi connectivity index (χ0n) is 12.0. The smallest absolute Gasteiger partial charge is 0.311 e. The number of ether oxygens (including phenoxy) is 1. The van der Waals surface area contributed by atoms with Gasteiger partial charge in [-0.25, -0.2) is 4.98 Å². The molecule has 7 nitrogen and oxygen atoms in total. The number of benzene rings is 1. The Kier molecular flexibility index (Phi) is 4.53. The molecule has 2 rings (SSSR count). The van der Waals surface area contributed by atoms with Crippen LogP contribution >= 0.6 is 0 Å². The Morgan fingerprint density at radius 1 is 1.27 bits per heavy atom. The van der Waals surface area contributed by atoms with Crippen molar-refractivity contribution in [1.29, 1.82) is 5.26 Å². The topological polar surface area (TPSA) is 128 Å². The molecule has 0 amide bonds. The van der Waals surface area contributed by atoms with Crippen molar-refractivity contribution in [2.75, 3.05) is 11.5 Å². The molecule has 112 valence electrons. The molecule has 0 saturated heterocycles. The standard InChI is InChI=1S/C15H15N5O2/c1-2-3-12(21)22-10-6-4-9(5-7-10)13-11(8-16)14(17)20-15(18)19-13/h4-7H,2-3H2,1H3,(H4,17,18,19,20). The summed E-state index contributed by atoms with van der Waals surface area (Å²) in [7, 11) is 0. The minimum absolute atomic E-state index is 0.00931. The number of aromatic nitrogens is 2. The number of nitriles is 1. The van der Waals surface area contributed by atoms with E-state index in [1.165, 1.54) is 0 Å². The molecule has 0 unspecified atom stereocenters. The summed E-state index contributed by atoms with van der Waals surface area (Å²) in [5.74, 6) is 0.160. The number of rotatable bonds is 4. The maximum Gasteiger partial charge on any atom is 0.311 e. The van der Waals surface area contributed by atoms with Gasteiger partial charge in [-0.2, -0.15) is 10.2 Å². The van der Waals surface area contributed by atoms with Gasteiger partial charge in [0.05, 0.1) is 5.69 Å². The van der Waals surface area contributed by atoms with E-state index in [1.807, 2.05) is 13.0 Å². The maximum absolute atomic E-state index is 11.4. The minimum atomic E-state index is -0.288. The van der Waals surface area contributed by atoms with Gasteiger partial charge in [0.1, 0.15) is 23.2 Å². The van der Waals surface area contributed by atoms with E-state index in [-0.39, 0.29) is 23.3 Å². The van der Waals surface area contributed by atoms with Crippen molar-refractivity contribution in [1.82, 2.24) is 9.97 Å². The van der Waals surface area contributed by atoms with Crippen molar-refractivity contribution >= 4 is 17.7 Å². The summed E-state index contributed by atoms with van der Waals surface area (Å²) in [5, 5.41) is 9.16. The van der Waals surface area contributed by atoms with Gasteiger partial charge in [0.25, 0.3) is 0 Å². The number of nitrogens with two attached hydrogens (primary N) is 2. The molecule has 0 radical (unpaired) electrons. The number of esters is 1. The fraction of sp³-hybridized carbons (Fsp3) is 0.200. The molecule has 2 aromatic rings. The Bertz CT molecular complexity index is 735. The lowest BCUT2D eigenvalue weighted by Crippen LogP contribution is -2.07. The van der Waals surface area contributed by atoms with Crippen LogP contribution in [0.25, 0.3) is 11.3 Å². The van der Waals surface area contributed by atoms with Crippen LogP contribution in [0.1, 0.15) is 25.3 Å². The van der Waals surface area contributed by atoms with Crippen LogP contribution in [0.5, 0.6) is 5.75 Å². The average molecular weight is 297 g/mol. The van der Waals surface area contributed by atoms with Gasteiger partial charge in [0, 0.05) is 12.0 Å². The summed E-state index contributed by atoms with van der Waals surface area (Å²) >= 11 is 0. The number of hydrogen-bond donors (Lipinski definition) is 2. The van der Waals surface area contributed by atoms with Crippen LogP contribution in [-0.2, 0) is 4.79 Å². The molecule has 0 aliphatic heterocycles. The second kappa shape index (κ2) is 6.54. The number of hydrogen-bond acceptors (Lipinski definition) is 7. The van der Waals surface area contributed by atoms with Gasteiger partial charge in [0.2, 0.25) is 5.95 Å². The van der Waals surface area contributed by atoms with Crippen LogP contribution < -0.4 is 16.2 Å². The number of carbonyl (C=O) groups excluding carboxylic acids is 1. The molecule has 4 N–H and O–H groups in total. The molecule has 1 heterocycles. The van der Waals surface area contributed by atoms with Gasteiger partial charge in [-0.3, -0.25) is 4.79 Å². The highest BCUT2D eigenvalue weighted by molar-refractivity contribution is 5.75. The maximum atomic E-state index is 11.4. The summed E-state index contributed by atoms with van der Waals surface area (Å²) in [6.45, 7) is 1.90. The second-order valence-electron chi connectivity index (χ2n) is 4.55. The number of anilines is 2. The van der Waals surface area contributed by atoms with Gasteiger partial charge >= 0.3 is 5.97 Å². The predicted octanol–water partition coefficient (Wildman–Crippen LogP) is 1.89. The molecule has 0 aliphatic carbocycles. The summed E-state index contributed by atoms with van der Waals surface area (Å²) in [6.07, 6.45) is 1.08. The van der Waals surface area contributed by atoms with Crippen molar-refractivity contribution < 1.29 is 9.53 Å². The Balaban J connectivity index is 2.32. The third-order valence-corrected chi connectivity index (χ3v) is 2.88. The highest BCUT2D eigenvalue weighted by atomic mass is 16.5. The molecule has 0 bridgehead atoms. The SMILES string of the molecule is CCCC(=O)Oc1ccc(-c2nc(N)nc(N)c2C#N)cc1. The first-order chi connectivity index (χ1) is 10.5. The van der Waals surface area contributed by atoms with Crippen LogP contribution in [0.2, 0.25) is 0 Å². The van der Waals surface area contributed by atoms with Gasteiger partial charge in [-0.05, 0) is 30.7 Å². The number of nitrogens with zero attached hydrogens (tertiary/aromatic N) is 3. The van der Waals surface area contributed by atoms with E-state index in [9.17, 15) is 4.79 Å². The monoisotopic (exact) mass is 297 g/mol. The summed E-state index contributed by atoms with van der Waals surface area (Å²) in [6, 6.07) is 8.56. The van der Waals surface area contributed by atoms with E-state index in [0.29, 0.717) is 23.4 Å². The van der Waals surface area contributed by atoms with E-state index in [0.717, 1.165) is 6.42 Å². The largest absolute Gasteiger partial charge is 0.427 e. The van der Waals surface area contributed by atoms with Crippen molar-refractivity contribution in [3.8, 4) is 23.1 Å². The Morgan fingerprint density at radius 3 is 2.55 bits per heavy atom. The molecule has 1 aromatic carbocycles. The van der Waals surface area contributed by atoms with E-state index < -0.39 is 0 Å². The lowest BCUT2D eigenvalue weighted by Gasteiger charge is -2.08. The number of carbonyl (C=O) groups is 1. The molecule has 0 saturated carbocycles. The third kappa shape index (κ3) is 3.30. The van der Waals surface area contributed by atoms with Crippen LogP contribution in [0.3, 0.4) is 0 Å². The molecular formula is C15H15N5O2. The Labute approximate surface area is 127 Å².